The van der Waals surface area contributed by atoms with Gasteiger partial charge in [0.05, 0.1) is 10.9 Å². The Hall–Kier alpha value is -1.30. The molecule has 1 amide bonds. The van der Waals surface area contributed by atoms with Gasteiger partial charge in [0.15, 0.2) is 5.17 Å². The summed E-state index contributed by atoms with van der Waals surface area (Å²) in [6.07, 6.45) is 2.09. The number of amidine groups is 1. The van der Waals surface area contributed by atoms with E-state index in [0.29, 0.717) is 23.2 Å². The zero-order chi connectivity index (χ0) is 14.5. The Kier molecular flexibility index (Phi) is 5.23. The van der Waals surface area contributed by atoms with Crippen molar-refractivity contribution in [2.45, 2.75) is 11.7 Å². The summed E-state index contributed by atoms with van der Waals surface area (Å²) in [5.74, 6) is -0.0309. The summed E-state index contributed by atoms with van der Waals surface area (Å²) in [5.41, 5.74) is 0.739. The Morgan fingerprint density at radius 2 is 2.15 bits per heavy atom. The third-order valence-corrected chi connectivity index (χ3v) is 4.27. The van der Waals surface area contributed by atoms with E-state index >= 15 is 0 Å². The van der Waals surface area contributed by atoms with E-state index in [9.17, 15) is 4.79 Å². The average molecular weight is 311 g/mol. The molecule has 1 aliphatic heterocycles. The van der Waals surface area contributed by atoms with Crippen molar-refractivity contribution < 1.29 is 9.90 Å². The molecule has 0 radical (unpaired) electrons. The number of amides is 1. The smallest absolute Gasteiger partial charge is 0.242 e. The van der Waals surface area contributed by atoms with Gasteiger partial charge in [0, 0.05) is 18.2 Å². The molecule has 1 aliphatic rings. The lowest BCUT2D eigenvalue weighted by Crippen LogP contribution is -2.32. The highest BCUT2D eigenvalue weighted by Crippen LogP contribution is 2.31. The Labute approximate surface area is 127 Å². The van der Waals surface area contributed by atoms with Crippen molar-refractivity contribution in [3.8, 4) is 0 Å². The van der Waals surface area contributed by atoms with E-state index in [4.69, 9.17) is 16.7 Å². The third-order valence-electron chi connectivity index (χ3n) is 2.77. The van der Waals surface area contributed by atoms with Gasteiger partial charge >= 0.3 is 0 Å². The summed E-state index contributed by atoms with van der Waals surface area (Å²) in [4.78, 5) is 18.3. The number of aliphatic hydroxyl groups is 1. The quantitative estimate of drug-likeness (QED) is 0.851. The summed E-state index contributed by atoms with van der Waals surface area (Å²) in [5, 5.41) is 10.0. The van der Waals surface area contributed by atoms with Crippen molar-refractivity contribution in [2.75, 3.05) is 13.2 Å². The van der Waals surface area contributed by atoms with Crippen molar-refractivity contribution in [3.05, 3.63) is 41.9 Å². The number of aliphatic hydroxyl groups excluding tert-OH is 1. The maximum atomic E-state index is 12.2. The molecule has 6 heteroatoms. The normalized spacial score (nSPS) is 20.7. The monoisotopic (exact) mass is 310 g/mol. The van der Waals surface area contributed by atoms with E-state index < -0.39 is 0 Å². The molecule has 2 rings (SSSR count). The SMILES string of the molecule is C=CCN1C(=O)C(CCO)SC1=Nc1ccc(Cl)cc1. The third kappa shape index (κ3) is 3.42. The Bertz CT molecular complexity index is 530. The van der Waals surface area contributed by atoms with Gasteiger partial charge in [0.25, 0.3) is 0 Å². The fourth-order valence-corrected chi connectivity index (χ4v) is 3.10. The Morgan fingerprint density at radius 1 is 1.45 bits per heavy atom. The van der Waals surface area contributed by atoms with E-state index in [1.165, 1.54) is 11.8 Å². The summed E-state index contributed by atoms with van der Waals surface area (Å²) in [6.45, 7) is 4.06. The van der Waals surface area contributed by atoms with Gasteiger partial charge in [-0.3, -0.25) is 9.69 Å². The summed E-state index contributed by atoms with van der Waals surface area (Å²) in [6, 6.07) is 7.11. The number of aliphatic imine (C=N–C) groups is 1. The second-order valence-electron chi connectivity index (χ2n) is 4.23. The predicted octanol–water partition coefficient (Wildman–Crippen LogP) is 2.84. The van der Waals surface area contributed by atoms with Crippen LogP contribution < -0.4 is 0 Å². The maximum absolute atomic E-state index is 12.2. The minimum atomic E-state index is -0.272. The van der Waals surface area contributed by atoms with Crippen LogP contribution >= 0.6 is 23.4 Å². The number of thioether (sulfide) groups is 1. The van der Waals surface area contributed by atoms with Crippen LogP contribution in [0.3, 0.4) is 0 Å². The predicted molar refractivity (Wildman–Crippen MR) is 83.5 cm³/mol. The van der Waals surface area contributed by atoms with E-state index in [-0.39, 0.29) is 17.8 Å². The lowest BCUT2D eigenvalue weighted by atomic mass is 10.3. The van der Waals surface area contributed by atoms with Crippen LogP contribution in [0.5, 0.6) is 0 Å². The fraction of sp³-hybridized carbons (Fsp3) is 0.286. The molecule has 1 saturated heterocycles. The first-order valence-corrected chi connectivity index (χ1v) is 7.45. The Morgan fingerprint density at radius 3 is 2.75 bits per heavy atom. The van der Waals surface area contributed by atoms with Gasteiger partial charge < -0.3 is 5.11 Å². The molecule has 1 aromatic rings. The Balaban J connectivity index is 2.25. The van der Waals surface area contributed by atoms with Crippen molar-refractivity contribution in [1.82, 2.24) is 4.90 Å². The highest BCUT2D eigenvalue weighted by atomic mass is 35.5. The molecule has 1 aromatic carbocycles. The molecule has 20 heavy (non-hydrogen) atoms. The summed E-state index contributed by atoms with van der Waals surface area (Å²) in [7, 11) is 0. The number of hydrogen-bond acceptors (Lipinski definition) is 4. The van der Waals surface area contributed by atoms with Gasteiger partial charge in [-0.15, -0.1) is 6.58 Å². The highest BCUT2D eigenvalue weighted by Gasteiger charge is 2.36. The first-order valence-electron chi connectivity index (χ1n) is 6.19. The summed E-state index contributed by atoms with van der Waals surface area (Å²) >= 11 is 7.21. The van der Waals surface area contributed by atoms with Crippen molar-refractivity contribution in [1.29, 1.82) is 0 Å². The largest absolute Gasteiger partial charge is 0.396 e. The van der Waals surface area contributed by atoms with Crippen molar-refractivity contribution in [3.63, 3.8) is 0 Å². The summed E-state index contributed by atoms with van der Waals surface area (Å²) < 4.78 is 0. The highest BCUT2D eigenvalue weighted by molar-refractivity contribution is 8.15. The van der Waals surface area contributed by atoms with Gasteiger partial charge in [-0.25, -0.2) is 4.99 Å². The molecule has 0 aliphatic carbocycles. The number of carbonyl (C=O) groups is 1. The first kappa shape index (κ1) is 15.1. The van der Waals surface area contributed by atoms with E-state index in [1.807, 2.05) is 0 Å². The maximum Gasteiger partial charge on any atom is 0.242 e. The van der Waals surface area contributed by atoms with Crippen LogP contribution in [0.4, 0.5) is 5.69 Å². The van der Waals surface area contributed by atoms with Crippen molar-refractivity contribution in [2.24, 2.45) is 4.99 Å². The van der Waals surface area contributed by atoms with Crippen LogP contribution in [0.2, 0.25) is 5.02 Å². The minimum Gasteiger partial charge on any atom is -0.396 e. The molecule has 1 N–H and O–H groups in total. The van der Waals surface area contributed by atoms with Crippen LogP contribution in [0.25, 0.3) is 0 Å². The molecular formula is C14H15ClN2O2S. The molecule has 0 aromatic heterocycles. The molecule has 0 spiro atoms. The molecule has 1 atom stereocenters. The number of halogens is 1. The number of rotatable bonds is 5. The van der Waals surface area contributed by atoms with E-state index in [0.717, 1.165) is 5.69 Å². The second-order valence-corrected chi connectivity index (χ2v) is 5.83. The van der Waals surface area contributed by atoms with E-state index in [1.54, 1.807) is 35.2 Å². The molecule has 1 fully saturated rings. The van der Waals surface area contributed by atoms with Crippen LogP contribution in [0.15, 0.2) is 41.9 Å². The molecular weight excluding hydrogens is 296 g/mol. The van der Waals surface area contributed by atoms with Gasteiger partial charge in [0.2, 0.25) is 5.91 Å². The lowest BCUT2D eigenvalue weighted by molar-refractivity contribution is -0.126. The number of benzene rings is 1. The molecule has 1 unspecified atom stereocenters. The number of hydrogen-bond donors (Lipinski definition) is 1. The number of nitrogens with zero attached hydrogens (tertiary/aromatic N) is 2. The first-order chi connectivity index (χ1) is 9.65. The van der Waals surface area contributed by atoms with Crippen LogP contribution in [-0.4, -0.2) is 39.5 Å². The van der Waals surface area contributed by atoms with Gasteiger partial charge in [-0.2, -0.15) is 0 Å². The van der Waals surface area contributed by atoms with Gasteiger partial charge in [-0.1, -0.05) is 29.4 Å². The van der Waals surface area contributed by atoms with Gasteiger partial charge in [-0.05, 0) is 30.7 Å². The zero-order valence-electron chi connectivity index (χ0n) is 10.8. The molecule has 4 nitrogen and oxygen atoms in total. The average Bonchev–Trinajstić information content (AvgIpc) is 2.71. The number of carbonyl (C=O) groups excluding carboxylic acids is 1. The van der Waals surface area contributed by atoms with Crippen LogP contribution in [0, 0.1) is 0 Å². The van der Waals surface area contributed by atoms with Crippen molar-refractivity contribution >= 4 is 40.1 Å². The molecule has 0 bridgehead atoms. The second kappa shape index (κ2) is 6.92. The van der Waals surface area contributed by atoms with E-state index in [2.05, 4.69) is 11.6 Å². The lowest BCUT2D eigenvalue weighted by Gasteiger charge is -2.13. The standard InChI is InChI=1S/C14H15ClN2O2S/c1-2-8-17-13(19)12(7-9-18)20-14(17)16-11-5-3-10(15)4-6-11/h2-6,12,18H,1,7-9H2. The zero-order valence-corrected chi connectivity index (χ0v) is 12.4. The van der Waals surface area contributed by atoms with Crippen LogP contribution in [-0.2, 0) is 4.79 Å². The topological polar surface area (TPSA) is 52.9 Å². The fourth-order valence-electron chi connectivity index (χ4n) is 1.82. The molecule has 106 valence electrons. The molecule has 1 heterocycles. The minimum absolute atomic E-state index is 0.0143. The molecule has 0 saturated carbocycles. The van der Waals surface area contributed by atoms with Crippen LogP contribution in [0.1, 0.15) is 6.42 Å². The van der Waals surface area contributed by atoms with Gasteiger partial charge in [0.1, 0.15) is 0 Å².